The fourth-order valence-electron chi connectivity index (χ4n) is 2.79. The number of ketones is 1. The van der Waals surface area contributed by atoms with E-state index in [1.807, 2.05) is 19.3 Å². The van der Waals surface area contributed by atoms with E-state index in [-0.39, 0.29) is 5.78 Å². The molecule has 0 atom stereocenters. The van der Waals surface area contributed by atoms with Crippen molar-refractivity contribution in [2.75, 3.05) is 6.61 Å². The predicted molar refractivity (Wildman–Crippen MR) is 67.4 cm³/mol. The molecule has 1 fully saturated rings. The van der Waals surface area contributed by atoms with Gasteiger partial charge in [-0.2, -0.15) is 0 Å². The number of Topliss-reactive ketones (excluding diaryl/α,β-unsaturated/α-hetero) is 1. The summed E-state index contributed by atoms with van der Waals surface area (Å²) in [6.07, 6.45) is 8.72. The molecule has 17 heavy (non-hydrogen) atoms. The van der Waals surface area contributed by atoms with E-state index in [0.717, 1.165) is 37.9 Å². The monoisotopic (exact) mass is 235 g/mol. The third-order valence-electron chi connectivity index (χ3n) is 3.67. The molecule has 1 aromatic rings. The Balaban J connectivity index is 2.00. The van der Waals surface area contributed by atoms with E-state index in [2.05, 4.69) is 4.98 Å². The van der Waals surface area contributed by atoms with E-state index in [9.17, 15) is 4.79 Å². The minimum absolute atomic E-state index is 0.160. The summed E-state index contributed by atoms with van der Waals surface area (Å²) in [5, 5.41) is 0. The van der Waals surface area contributed by atoms with Gasteiger partial charge in [-0.1, -0.05) is 0 Å². The maximum Gasteiger partial charge on any atom is 0.161 e. The highest BCUT2D eigenvalue weighted by molar-refractivity contribution is 5.95. The van der Waals surface area contributed by atoms with E-state index in [1.165, 1.54) is 5.56 Å². The lowest BCUT2D eigenvalue weighted by molar-refractivity contribution is 0.0328. The summed E-state index contributed by atoms with van der Waals surface area (Å²) < 4.78 is 5.65. The second-order valence-corrected chi connectivity index (χ2v) is 4.81. The van der Waals surface area contributed by atoms with Crippen LogP contribution >= 0.6 is 0 Å². The van der Waals surface area contributed by atoms with Gasteiger partial charge in [0.25, 0.3) is 0 Å². The average molecular weight is 235 g/mol. The Kier molecular flexibility index (Phi) is 4.00. The molecule has 3 heteroatoms. The first-order valence-corrected chi connectivity index (χ1v) is 6.51. The van der Waals surface area contributed by atoms with Crippen molar-refractivity contribution in [2.24, 2.45) is 0 Å². The van der Waals surface area contributed by atoms with Crippen LogP contribution in [0.1, 0.15) is 61.4 Å². The van der Waals surface area contributed by atoms with Gasteiger partial charge in [0.15, 0.2) is 5.78 Å². The third kappa shape index (κ3) is 2.78. The second-order valence-electron chi connectivity index (χ2n) is 4.81. The molecule has 3 nitrogen and oxygen atoms in total. The average Bonchev–Trinajstić information content (AvgIpc) is 2.79. The standard InChI is InChI=1S/C14H21NO2/c1-3-17-12-6-4-11(5-7-12)14-9-15-8-13(14)10(2)16/h8-9,11-12,15H,3-7H2,1-2H3. The minimum Gasteiger partial charge on any atom is -0.379 e. The summed E-state index contributed by atoms with van der Waals surface area (Å²) in [5.41, 5.74) is 2.07. The Morgan fingerprint density at radius 2 is 2.06 bits per heavy atom. The highest BCUT2D eigenvalue weighted by Crippen LogP contribution is 2.35. The molecule has 0 radical (unpaired) electrons. The molecule has 1 saturated carbocycles. The van der Waals surface area contributed by atoms with E-state index in [1.54, 1.807) is 6.92 Å². The number of rotatable bonds is 4. The molecular weight excluding hydrogens is 214 g/mol. The van der Waals surface area contributed by atoms with E-state index in [0.29, 0.717) is 12.0 Å². The van der Waals surface area contributed by atoms with Crippen LogP contribution in [0.4, 0.5) is 0 Å². The van der Waals surface area contributed by atoms with Gasteiger partial charge in [-0.3, -0.25) is 4.79 Å². The molecule has 1 aliphatic rings. The van der Waals surface area contributed by atoms with Crippen molar-refractivity contribution in [3.8, 4) is 0 Å². The summed E-state index contributed by atoms with van der Waals surface area (Å²) in [7, 11) is 0. The fraction of sp³-hybridized carbons (Fsp3) is 0.643. The molecule has 0 aliphatic heterocycles. The first kappa shape index (κ1) is 12.4. The summed E-state index contributed by atoms with van der Waals surface area (Å²) >= 11 is 0. The molecule has 0 bridgehead atoms. The Labute approximate surface area is 103 Å². The molecule has 0 amide bonds. The third-order valence-corrected chi connectivity index (χ3v) is 3.67. The molecule has 0 saturated heterocycles. The lowest BCUT2D eigenvalue weighted by Crippen LogP contribution is -2.21. The molecule has 1 aliphatic carbocycles. The quantitative estimate of drug-likeness (QED) is 0.814. The molecule has 0 spiro atoms. The number of nitrogens with one attached hydrogen (secondary N) is 1. The van der Waals surface area contributed by atoms with Crippen molar-refractivity contribution in [3.05, 3.63) is 23.5 Å². The summed E-state index contributed by atoms with van der Waals surface area (Å²) in [5.74, 6) is 0.685. The number of aromatic amines is 1. The molecule has 1 aromatic heterocycles. The zero-order chi connectivity index (χ0) is 12.3. The van der Waals surface area contributed by atoms with Crippen LogP contribution in [0.25, 0.3) is 0 Å². The molecule has 1 N–H and O–H groups in total. The Morgan fingerprint density at radius 3 is 2.65 bits per heavy atom. The molecule has 94 valence electrons. The molecule has 0 aromatic carbocycles. The zero-order valence-corrected chi connectivity index (χ0v) is 10.7. The first-order valence-electron chi connectivity index (χ1n) is 6.51. The summed E-state index contributed by atoms with van der Waals surface area (Å²) in [6.45, 7) is 4.49. The molecule has 2 rings (SSSR count). The van der Waals surface area contributed by atoms with Gasteiger partial charge < -0.3 is 9.72 Å². The minimum atomic E-state index is 0.160. The van der Waals surface area contributed by atoms with E-state index >= 15 is 0 Å². The van der Waals surface area contributed by atoms with Gasteiger partial charge in [-0.15, -0.1) is 0 Å². The van der Waals surface area contributed by atoms with Crippen molar-refractivity contribution >= 4 is 5.78 Å². The fourth-order valence-corrected chi connectivity index (χ4v) is 2.79. The highest BCUT2D eigenvalue weighted by atomic mass is 16.5. The van der Waals surface area contributed by atoms with Gasteiger partial charge in [-0.25, -0.2) is 0 Å². The van der Waals surface area contributed by atoms with Crippen LogP contribution in [0.15, 0.2) is 12.4 Å². The van der Waals surface area contributed by atoms with Gasteiger partial charge in [-0.05, 0) is 51.0 Å². The van der Waals surface area contributed by atoms with Crippen LogP contribution in [0.3, 0.4) is 0 Å². The Bertz CT molecular complexity index is 375. The number of hydrogen-bond acceptors (Lipinski definition) is 2. The number of H-pyrrole nitrogens is 1. The molecule has 0 unspecified atom stereocenters. The maximum absolute atomic E-state index is 11.5. The van der Waals surface area contributed by atoms with Crippen molar-refractivity contribution in [1.29, 1.82) is 0 Å². The second kappa shape index (κ2) is 5.50. The maximum atomic E-state index is 11.5. The van der Waals surface area contributed by atoms with Crippen molar-refractivity contribution in [1.82, 2.24) is 4.98 Å². The summed E-state index contributed by atoms with van der Waals surface area (Å²) in [6, 6.07) is 0. The number of ether oxygens (including phenoxy) is 1. The normalized spacial score (nSPS) is 24.8. The Hall–Kier alpha value is -1.09. The van der Waals surface area contributed by atoms with Crippen LogP contribution in [0.5, 0.6) is 0 Å². The smallest absolute Gasteiger partial charge is 0.161 e. The van der Waals surface area contributed by atoms with E-state index < -0.39 is 0 Å². The number of hydrogen-bond donors (Lipinski definition) is 1. The number of carbonyl (C=O) groups excluding carboxylic acids is 1. The van der Waals surface area contributed by atoms with Crippen LogP contribution in [-0.2, 0) is 4.74 Å². The first-order chi connectivity index (χ1) is 8.22. The van der Waals surface area contributed by atoms with Gasteiger partial charge in [0, 0.05) is 24.6 Å². The lowest BCUT2D eigenvalue weighted by atomic mass is 9.82. The SMILES string of the molecule is CCOC1CCC(c2c[nH]cc2C(C)=O)CC1. The van der Waals surface area contributed by atoms with Gasteiger partial charge in [0.2, 0.25) is 0 Å². The largest absolute Gasteiger partial charge is 0.379 e. The van der Waals surface area contributed by atoms with Crippen LogP contribution in [0.2, 0.25) is 0 Å². The zero-order valence-electron chi connectivity index (χ0n) is 10.7. The highest BCUT2D eigenvalue weighted by Gasteiger charge is 2.25. The molecule has 1 heterocycles. The Morgan fingerprint density at radius 1 is 1.35 bits per heavy atom. The van der Waals surface area contributed by atoms with Crippen molar-refractivity contribution < 1.29 is 9.53 Å². The molecular formula is C14H21NO2. The topological polar surface area (TPSA) is 42.1 Å². The summed E-state index contributed by atoms with van der Waals surface area (Å²) in [4.78, 5) is 14.6. The number of carbonyl (C=O) groups is 1. The predicted octanol–water partition coefficient (Wildman–Crippen LogP) is 3.28. The van der Waals surface area contributed by atoms with Crippen LogP contribution in [0, 0.1) is 0 Å². The van der Waals surface area contributed by atoms with Crippen LogP contribution in [-0.4, -0.2) is 23.5 Å². The van der Waals surface area contributed by atoms with Gasteiger partial charge in [0.1, 0.15) is 0 Å². The van der Waals surface area contributed by atoms with Crippen LogP contribution < -0.4 is 0 Å². The lowest BCUT2D eigenvalue weighted by Gasteiger charge is -2.28. The van der Waals surface area contributed by atoms with E-state index in [4.69, 9.17) is 4.74 Å². The van der Waals surface area contributed by atoms with Gasteiger partial charge >= 0.3 is 0 Å². The van der Waals surface area contributed by atoms with Crippen molar-refractivity contribution in [3.63, 3.8) is 0 Å². The number of aromatic nitrogens is 1. The van der Waals surface area contributed by atoms with Crippen molar-refractivity contribution in [2.45, 2.75) is 51.6 Å². The van der Waals surface area contributed by atoms with Gasteiger partial charge in [0.05, 0.1) is 6.10 Å².